The summed E-state index contributed by atoms with van der Waals surface area (Å²) in [5.41, 5.74) is 0. The third-order valence-corrected chi connectivity index (χ3v) is 2.72. The molecule has 0 aromatic rings. The van der Waals surface area contributed by atoms with Crippen molar-refractivity contribution in [2.45, 2.75) is 45.8 Å². The second kappa shape index (κ2) is 7.22. The summed E-state index contributed by atoms with van der Waals surface area (Å²) in [4.78, 5) is 22.6. The Morgan fingerprint density at radius 2 is 1.88 bits per heavy atom. The molecular weight excluding hydrogens is 210 g/mol. The molecule has 0 radical (unpaired) electrons. The van der Waals surface area contributed by atoms with Crippen LogP contribution in [0.5, 0.6) is 0 Å². The van der Waals surface area contributed by atoms with E-state index in [1.54, 1.807) is 6.92 Å². The first-order valence-electron chi connectivity index (χ1n) is 5.53. The molecule has 0 aromatic heterocycles. The molecule has 1 amide bonds. The molecule has 0 rings (SSSR count). The van der Waals surface area contributed by atoms with E-state index in [4.69, 9.17) is 9.84 Å². The van der Waals surface area contributed by atoms with E-state index in [0.29, 0.717) is 12.8 Å². The zero-order valence-corrected chi connectivity index (χ0v) is 10.3. The smallest absolute Gasteiger partial charge is 0.326 e. The van der Waals surface area contributed by atoms with Gasteiger partial charge in [0.05, 0.1) is 0 Å². The molecule has 5 nitrogen and oxygen atoms in total. The van der Waals surface area contributed by atoms with Gasteiger partial charge in [0.1, 0.15) is 12.1 Å². The highest BCUT2D eigenvalue weighted by molar-refractivity contribution is 5.86. The highest BCUT2D eigenvalue weighted by Crippen LogP contribution is 2.09. The first kappa shape index (κ1) is 14.9. The number of hydrogen-bond donors (Lipinski definition) is 2. The van der Waals surface area contributed by atoms with Crippen molar-refractivity contribution in [3.63, 3.8) is 0 Å². The minimum atomic E-state index is -1.01. The SMILES string of the molecule is CCC(OC)C(=O)NC(C(=O)O)C(C)CC. The lowest BCUT2D eigenvalue weighted by molar-refractivity contribution is -0.145. The number of carbonyl (C=O) groups excluding carboxylic acids is 1. The first-order valence-corrected chi connectivity index (χ1v) is 5.53. The molecule has 0 aliphatic heterocycles. The average Bonchev–Trinajstić information content (AvgIpc) is 2.26. The fourth-order valence-electron chi connectivity index (χ4n) is 1.39. The number of aliphatic carboxylic acids is 1. The van der Waals surface area contributed by atoms with Crippen LogP contribution in [-0.2, 0) is 14.3 Å². The maximum Gasteiger partial charge on any atom is 0.326 e. The Bertz CT molecular complexity index is 238. The van der Waals surface area contributed by atoms with Gasteiger partial charge in [0.2, 0.25) is 5.91 Å². The van der Waals surface area contributed by atoms with E-state index in [0.717, 1.165) is 0 Å². The van der Waals surface area contributed by atoms with Gasteiger partial charge >= 0.3 is 5.97 Å². The van der Waals surface area contributed by atoms with Crippen LogP contribution in [0.15, 0.2) is 0 Å². The topological polar surface area (TPSA) is 75.6 Å². The molecule has 16 heavy (non-hydrogen) atoms. The van der Waals surface area contributed by atoms with Crippen molar-refractivity contribution in [2.24, 2.45) is 5.92 Å². The lowest BCUT2D eigenvalue weighted by Crippen LogP contribution is -2.48. The number of carbonyl (C=O) groups is 2. The maximum atomic E-state index is 11.6. The van der Waals surface area contributed by atoms with Gasteiger partial charge in [-0.1, -0.05) is 27.2 Å². The Morgan fingerprint density at radius 3 is 2.19 bits per heavy atom. The third kappa shape index (κ3) is 4.18. The standard InChI is InChI=1S/C11H21NO4/c1-5-7(3)9(11(14)15)12-10(13)8(6-2)16-4/h7-9H,5-6H2,1-4H3,(H,12,13)(H,14,15). The lowest BCUT2D eigenvalue weighted by atomic mass is 9.99. The molecule has 94 valence electrons. The Morgan fingerprint density at radius 1 is 1.31 bits per heavy atom. The van der Waals surface area contributed by atoms with Crippen LogP contribution in [-0.4, -0.2) is 36.2 Å². The van der Waals surface area contributed by atoms with Crippen molar-refractivity contribution in [2.75, 3.05) is 7.11 Å². The van der Waals surface area contributed by atoms with Crippen molar-refractivity contribution in [1.82, 2.24) is 5.32 Å². The van der Waals surface area contributed by atoms with Gasteiger partial charge in [-0.2, -0.15) is 0 Å². The predicted molar refractivity (Wildman–Crippen MR) is 60.1 cm³/mol. The molecule has 3 unspecified atom stereocenters. The minimum Gasteiger partial charge on any atom is -0.480 e. The van der Waals surface area contributed by atoms with Crippen LogP contribution in [0.3, 0.4) is 0 Å². The van der Waals surface area contributed by atoms with E-state index >= 15 is 0 Å². The van der Waals surface area contributed by atoms with Gasteiger partial charge in [0.15, 0.2) is 0 Å². The number of methoxy groups -OCH3 is 1. The summed E-state index contributed by atoms with van der Waals surface area (Å²) >= 11 is 0. The summed E-state index contributed by atoms with van der Waals surface area (Å²) in [5, 5.41) is 11.5. The molecule has 0 aliphatic rings. The molecule has 0 aliphatic carbocycles. The van der Waals surface area contributed by atoms with Gasteiger partial charge in [-0.25, -0.2) is 4.79 Å². The number of carboxylic acid groups (broad SMARTS) is 1. The molecular formula is C11H21NO4. The molecule has 2 N–H and O–H groups in total. The zero-order valence-electron chi connectivity index (χ0n) is 10.3. The molecule has 0 heterocycles. The minimum absolute atomic E-state index is 0.101. The van der Waals surface area contributed by atoms with E-state index in [9.17, 15) is 9.59 Å². The van der Waals surface area contributed by atoms with E-state index in [-0.39, 0.29) is 11.8 Å². The van der Waals surface area contributed by atoms with Gasteiger partial charge in [-0.3, -0.25) is 4.79 Å². The highest BCUT2D eigenvalue weighted by Gasteiger charge is 2.27. The van der Waals surface area contributed by atoms with Crippen LogP contribution in [0.25, 0.3) is 0 Å². The fraction of sp³-hybridized carbons (Fsp3) is 0.818. The van der Waals surface area contributed by atoms with Crippen LogP contribution in [0.4, 0.5) is 0 Å². The van der Waals surface area contributed by atoms with Gasteiger partial charge in [0.25, 0.3) is 0 Å². The molecule has 3 atom stereocenters. The molecule has 0 saturated carbocycles. The summed E-state index contributed by atoms with van der Waals surface area (Å²) in [6.45, 7) is 5.50. The van der Waals surface area contributed by atoms with Crippen LogP contribution < -0.4 is 5.32 Å². The zero-order chi connectivity index (χ0) is 12.7. The van der Waals surface area contributed by atoms with Crippen molar-refractivity contribution >= 4 is 11.9 Å². The van der Waals surface area contributed by atoms with Crippen molar-refractivity contribution < 1.29 is 19.4 Å². The monoisotopic (exact) mass is 231 g/mol. The fourth-order valence-corrected chi connectivity index (χ4v) is 1.39. The van der Waals surface area contributed by atoms with E-state index < -0.39 is 18.1 Å². The van der Waals surface area contributed by atoms with Gasteiger partial charge in [-0.05, 0) is 12.3 Å². The molecule has 0 bridgehead atoms. The predicted octanol–water partition coefficient (Wildman–Crippen LogP) is 1.03. The van der Waals surface area contributed by atoms with Crippen LogP contribution in [0, 0.1) is 5.92 Å². The number of nitrogens with one attached hydrogen (secondary N) is 1. The number of hydrogen-bond acceptors (Lipinski definition) is 3. The summed E-state index contributed by atoms with van der Waals surface area (Å²) < 4.78 is 4.95. The maximum absolute atomic E-state index is 11.6. The number of ether oxygens (including phenoxy) is 1. The molecule has 0 saturated heterocycles. The molecule has 0 fully saturated rings. The van der Waals surface area contributed by atoms with Gasteiger partial charge in [0, 0.05) is 7.11 Å². The second-order valence-electron chi connectivity index (χ2n) is 3.84. The summed E-state index contributed by atoms with van der Waals surface area (Å²) in [6.07, 6.45) is 0.641. The number of amides is 1. The van der Waals surface area contributed by atoms with Crippen molar-refractivity contribution in [1.29, 1.82) is 0 Å². The lowest BCUT2D eigenvalue weighted by Gasteiger charge is -2.22. The number of carboxylic acids is 1. The average molecular weight is 231 g/mol. The van der Waals surface area contributed by atoms with Crippen LogP contribution in [0.2, 0.25) is 0 Å². The Hall–Kier alpha value is -1.10. The Labute approximate surface area is 96.2 Å². The highest BCUT2D eigenvalue weighted by atomic mass is 16.5. The number of rotatable bonds is 7. The van der Waals surface area contributed by atoms with E-state index in [2.05, 4.69) is 5.32 Å². The quantitative estimate of drug-likeness (QED) is 0.686. The molecule has 0 spiro atoms. The van der Waals surface area contributed by atoms with Gasteiger partial charge < -0.3 is 15.2 Å². The Balaban J connectivity index is 4.51. The van der Waals surface area contributed by atoms with Crippen molar-refractivity contribution in [3.8, 4) is 0 Å². The Kier molecular flexibility index (Phi) is 6.72. The van der Waals surface area contributed by atoms with Crippen LogP contribution in [0.1, 0.15) is 33.6 Å². The van der Waals surface area contributed by atoms with Gasteiger partial charge in [-0.15, -0.1) is 0 Å². The molecule has 0 aromatic carbocycles. The van der Waals surface area contributed by atoms with E-state index in [1.165, 1.54) is 7.11 Å². The van der Waals surface area contributed by atoms with E-state index in [1.807, 2.05) is 13.8 Å². The largest absolute Gasteiger partial charge is 0.480 e. The summed E-state index contributed by atoms with van der Waals surface area (Å²) in [5.74, 6) is -1.47. The summed E-state index contributed by atoms with van der Waals surface area (Å²) in [6, 6.07) is -0.846. The second-order valence-corrected chi connectivity index (χ2v) is 3.84. The summed E-state index contributed by atoms with van der Waals surface area (Å²) in [7, 11) is 1.44. The van der Waals surface area contributed by atoms with Crippen molar-refractivity contribution in [3.05, 3.63) is 0 Å². The van der Waals surface area contributed by atoms with Crippen LogP contribution >= 0.6 is 0 Å². The first-order chi connectivity index (χ1) is 7.47. The normalized spacial score (nSPS) is 16.2. The molecule has 5 heteroatoms. The third-order valence-electron chi connectivity index (χ3n) is 2.72.